The number of hydrogen-bond donors (Lipinski definition) is 0. The van der Waals surface area contributed by atoms with Gasteiger partial charge in [-0.05, 0) is 22.9 Å². The van der Waals surface area contributed by atoms with Crippen LogP contribution in [0, 0.1) is 0 Å². The number of ether oxygens (including phenoxy) is 1. The molecule has 4 nitrogen and oxygen atoms in total. The minimum absolute atomic E-state index is 0.131. The van der Waals surface area contributed by atoms with Crippen LogP contribution in [0.15, 0.2) is 15.2 Å². The fourth-order valence-corrected chi connectivity index (χ4v) is 1.05. The van der Waals surface area contributed by atoms with Crippen LogP contribution in [-0.2, 0) is 16.0 Å². The maximum Gasteiger partial charge on any atom is 0.313 e. The molecule has 1 aromatic rings. The van der Waals surface area contributed by atoms with Crippen molar-refractivity contribution in [3.05, 3.63) is 16.4 Å². The third kappa shape index (κ3) is 2.65. The van der Waals surface area contributed by atoms with E-state index in [1.54, 1.807) is 13.0 Å². The van der Waals surface area contributed by atoms with Gasteiger partial charge in [-0.15, -0.1) is 0 Å². The second-order valence-corrected chi connectivity index (χ2v) is 2.91. The molecule has 0 aromatic carbocycles. The van der Waals surface area contributed by atoms with Crippen LogP contribution >= 0.6 is 15.9 Å². The molecule has 0 fully saturated rings. The summed E-state index contributed by atoms with van der Waals surface area (Å²) in [5.74, 6) is 0.196. The molecule has 0 bridgehead atoms. The highest BCUT2D eigenvalue weighted by molar-refractivity contribution is 9.10. The summed E-state index contributed by atoms with van der Waals surface area (Å²) in [7, 11) is 0. The highest BCUT2D eigenvalue weighted by Crippen LogP contribution is 2.10. The molecule has 1 rings (SSSR count). The zero-order chi connectivity index (χ0) is 8.97. The minimum atomic E-state index is -0.304. The third-order valence-corrected chi connectivity index (χ3v) is 1.53. The standard InChI is InChI=1S/C7H8BrNO3/c1-2-11-7(10)4-5-3-6(8)9-12-5/h3H,2,4H2,1H3. The molecule has 1 heterocycles. The van der Waals surface area contributed by atoms with Gasteiger partial charge in [-0.25, -0.2) is 0 Å². The normalized spacial score (nSPS) is 9.83. The first-order valence-corrected chi connectivity index (χ1v) is 4.28. The number of nitrogens with zero attached hydrogens (tertiary/aromatic N) is 1. The number of carbonyl (C=O) groups excluding carboxylic acids is 1. The first-order chi connectivity index (χ1) is 5.72. The van der Waals surface area contributed by atoms with Crippen molar-refractivity contribution in [2.24, 2.45) is 0 Å². The van der Waals surface area contributed by atoms with Crippen LogP contribution in [0.1, 0.15) is 12.7 Å². The number of aromatic nitrogens is 1. The topological polar surface area (TPSA) is 52.3 Å². The lowest BCUT2D eigenvalue weighted by atomic mass is 10.3. The van der Waals surface area contributed by atoms with Gasteiger partial charge in [0, 0.05) is 6.07 Å². The molecule has 0 saturated carbocycles. The molecule has 0 atom stereocenters. The predicted octanol–water partition coefficient (Wildman–Crippen LogP) is 1.54. The number of carbonyl (C=O) groups is 1. The van der Waals surface area contributed by atoms with Gasteiger partial charge in [0.25, 0.3) is 0 Å². The molecule has 12 heavy (non-hydrogen) atoms. The van der Waals surface area contributed by atoms with Crippen molar-refractivity contribution in [1.29, 1.82) is 0 Å². The molecule has 0 unspecified atom stereocenters. The predicted molar refractivity (Wildman–Crippen MR) is 44.5 cm³/mol. The Morgan fingerprint density at radius 1 is 1.83 bits per heavy atom. The van der Waals surface area contributed by atoms with Crippen molar-refractivity contribution in [2.45, 2.75) is 13.3 Å². The van der Waals surface area contributed by atoms with Gasteiger partial charge in [0.05, 0.1) is 6.61 Å². The van der Waals surface area contributed by atoms with Crippen molar-refractivity contribution in [3.8, 4) is 0 Å². The zero-order valence-electron chi connectivity index (χ0n) is 6.54. The second kappa shape index (κ2) is 4.25. The van der Waals surface area contributed by atoms with Crippen molar-refractivity contribution in [2.75, 3.05) is 6.61 Å². The number of esters is 1. The van der Waals surface area contributed by atoms with E-state index in [0.29, 0.717) is 17.0 Å². The summed E-state index contributed by atoms with van der Waals surface area (Å²) in [4.78, 5) is 10.9. The first kappa shape index (κ1) is 9.25. The van der Waals surface area contributed by atoms with E-state index < -0.39 is 0 Å². The molecule has 1 aromatic heterocycles. The van der Waals surface area contributed by atoms with E-state index in [9.17, 15) is 4.79 Å². The fourth-order valence-electron chi connectivity index (χ4n) is 0.725. The lowest BCUT2D eigenvalue weighted by molar-refractivity contribution is -0.142. The summed E-state index contributed by atoms with van der Waals surface area (Å²) in [5, 5.41) is 3.56. The van der Waals surface area contributed by atoms with E-state index in [-0.39, 0.29) is 12.4 Å². The maximum absolute atomic E-state index is 10.9. The Kier molecular flexibility index (Phi) is 3.28. The van der Waals surface area contributed by atoms with E-state index in [2.05, 4.69) is 21.1 Å². The van der Waals surface area contributed by atoms with E-state index in [0.717, 1.165) is 0 Å². The molecule has 0 aliphatic heterocycles. The molecule has 0 aliphatic rings. The van der Waals surface area contributed by atoms with Gasteiger partial charge in [-0.1, -0.05) is 5.16 Å². The number of hydrogen-bond acceptors (Lipinski definition) is 4. The zero-order valence-corrected chi connectivity index (χ0v) is 8.13. The maximum atomic E-state index is 10.9. The lowest BCUT2D eigenvalue weighted by Gasteiger charge is -1.96. The number of rotatable bonds is 3. The SMILES string of the molecule is CCOC(=O)Cc1cc(Br)no1. The molecule has 0 aliphatic carbocycles. The van der Waals surface area contributed by atoms with E-state index in [4.69, 9.17) is 9.26 Å². The smallest absolute Gasteiger partial charge is 0.313 e. The van der Waals surface area contributed by atoms with Crippen LogP contribution in [0.3, 0.4) is 0 Å². The Balaban J connectivity index is 2.46. The molecule has 0 spiro atoms. The lowest BCUT2D eigenvalue weighted by Crippen LogP contribution is -2.06. The van der Waals surface area contributed by atoms with E-state index in [1.165, 1.54) is 0 Å². The first-order valence-electron chi connectivity index (χ1n) is 3.49. The summed E-state index contributed by atoms with van der Waals surface area (Å²) >= 11 is 3.10. The highest BCUT2D eigenvalue weighted by Gasteiger charge is 2.08. The summed E-state index contributed by atoms with van der Waals surface area (Å²) in [5.41, 5.74) is 0. The van der Waals surface area contributed by atoms with E-state index in [1.807, 2.05) is 0 Å². The molecular weight excluding hydrogens is 226 g/mol. The van der Waals surface area contributed by atoms with Crippen molar-refractivity contribution >= 4 is 21.9 Å². The molecule has 66 valence electrons. The summed E-state index contributed by atoms with van der Waals surface area (Å²) in [6, 6.07) is 1.64. The van der Waals surface area contributed by atoms with Gasteiger partial charge in [0.1, 0.15) is 16.8 Å². The van der Waals surface area contributed by atoms with Crippen molar-refractivity contribution < 1.29 is 14.1 Å². The third-order valence-electron chi connectivity index (χ3n) is 1.15. The van der Waals surface area contributed by atoms with Gasteiger partial charge < -0.3 is 9.26 Å². The Morgan fingerprint density at radius 3 is 3.08 bits per heavy atom. The van der Waals surface area contributed by atoms with Gasteiger partial charge in [0.15, 0.2) is 0 Å². The molecule has 0 saturated heterocycles. The van der Waals surface area contributed by atoms with Crippen LogP contribution < -0.4 is 0 Å². The summed E-state index contributed by atoms with van der Waals surface area (Å²) < 4.78 is 10.1. The Labute approximate surface area is 78.0 Å². The van der Waals surface area contributed by atoms with Gasteiger partial charge in [-0.2, -0.15) is 0 Å². The minimum Gasteiger partial charge on any atom is -0.466 e. The monoisotopic (exact) mass is 233 g/mol. The Hall–Kier alpha value is -0.840. The second-order valence-electron chi connectivity index (χ2n) is 2.10. The van der Waals surface area contributed by atoms with Crippen LogP contribution in [0.25, 0.3) is 0 Å². The van der Waals surface area contributed by atoms with Crippen LogP contribution in [-0.4, -0.2) is 17.7 Å². The van der Waals surface area contributed by atoms with Crippen LogP contribution in [0.2, 0.25) is 0 Å². The fraction of sp³-hybridized carbons (Fsp3) is 0.429. The average Bonchev–Trinajstić information content (AvgIpc) is 2.36. The van der Waals surface area contributed by atoms with Crippen molar-refractivity contribution in [1.82, 2.24) is 5.16 Å². The van der Waals surface area contributed by atoms with Crippen LogP contribution in [0.4, 0.5) is 0 Å². The summed E-state index contributed by atoms with van der Waals surface area (Å²) in [6.07, 6.45) is 0.131. The molecule has 0 N–H and O–H groups in total. The summed E-state index contributed by atoms with van der Waals surface area (Å²) in [6.45, 7) is 2.14. The quantitative estimate of drug-likeness (QED) is 0.744. The van der Waals surface area contributed by atoms with Gasteiger partial charge in [-0.3, -0.25) is 4.79 Å². The Morgan fingerprint density at radius 2 is 2.58 bits per heavy atom. The van der Waals surface area contributed by atoms with Crippen molar-refractivity contribution in [3.63, 3.8) is 0 Å². The Bertz CT molecular complexity index is 271. The molecule has 0 radical (unpaired) electrons. The molecule has 5 heteroatoms. The van der Waals surface area contributed by atoms with Crippen LogP contribution in [0.5, 0.6) is 0 Å². The van der Waals surface area contributed by atoms with Gasteiger partial charge in [0.2, 0.25) is 0 Å². The molecular formula is C7H8BrNO3. The highest BCUT2D eigenvalue weighted by atomic mass is 79.9. The van der Waals surface area contributed by atoms with E-state index >= 15 is 0 Å². The average molecular weight is 234 g/mol. The molecule has 0 amide bonds. The number of halogens is 1. The largest absolute Gasteiger partial charge is 0.466 e. The van der Waals surface area contributed by atoms with Gasteiger partial charge >= 0.3 is 5.97 Å².